The second-order valence-corrected chi connectivity index (χ2v) is 6.50. The van der Waals surface area contributed by atoms with Crippen LogP contribution in [0.1, 0.15) is 40.5 Å². The number of nitrogen functional groups attached to an aromatic ring is 1. The molecule has 0 radical (unpaired) electrons. The Morgan fingerprint density at radius 2 is 2.00 bits per heavy atom. The van der Waals surface area contributed by atoms with E-state index in [0.717, 1.165) is 18.6 Å². The summed E-state index contributed by atoms with van der Waals surface area (Å²) in [7, 11) is 0. The van der Waals surface area contributed by atoms with Crippen LogP contribution >= 0.6 is 23.4 Å². The molecular weight excluding hydrogens is 280 g/mol. The quantitative estimate of drug-likeness (QED) is 0.452. The van der Waals surface area contributed by atoms with Crippen LogP contribution in [0.15, 0.2) is 5.16 Å². The first-order chi connectivity index (χ1) is 8.93. The third-order valence-corrected chi connectivity index (χ3v) is 3.86. The summed E-state index contributed by atoms with van der Waals surface area (Å²) in [4.78, 5) is 8.64. The SMILES string of the molecule is CCCSc1nc(Cl)c(N)c(NC(C)CC(C)C)n1. The van der Waals surface area contributed by atoms with E-state index in [1.807, 2.05) is 0 Å². The fourth-order valence-corrected chi connectivity index (χ4v) is 2.71. The largest absolute Gasteiger partial charge is 0.393 e. The van der Waals surface area contributed by atoms with Gasteiger partial charge in [0.05, 0.1) is 0 Å². The van der Waals surface area contributed by atoms with Crippen LogP contribution in [-0.2, 0) is 0 Å². The molecule has 0 saturated carbocycles. The summed E-state index contributed by atoms with van der Waals surface area (Å²) in [6.45, 7) is 8.62. The van der Waals surface area contributed by atoms with E-state index in [1.165, 1.54) is 0 Å². The lowest BCUT2D eigenvalue weighted by molar-refractivity contribution is 0.538. The summed E-state index contributed by atoms with van der Waals surface area (Å²) in [6, 6.07) is 0.303. The highest BCUT2D eigenvalue weighted by molar-refractivity contribution is 7.99. The molecule has 0 fully saturated rings. The molecule has 0 amide bonds. The van der Waals surface area contributed by atoms with E-state index in [0.29, 0.717) is 33.8 Å². The van der Waals surface area contributed by atoms with Gasteiger partial charge >= 0.3 is 0 Å². The maximum Gasteiger partial charge on any atom is 0.191 e. The Kier molecular flexibility index (Phi) is 6.72. The van der Waals surface area contributed by atoms with Crippen LogP contribution in [0.4, 0.5) is 11.5 Å². The van der Waals surface area contributed by atoms with E-state index in [2.05, 4.69) is 43.0 Å². The molecule has 0 aliphatic carbocycles. The van der Waals surface area contributed by atoms with E-state index in [9.17, 15) is 0 Å². The van der Waals surface area contributed by atoms with Gasteiger partial charge < -0.3 is 11.1 Å². The van der Waals surface area contributed by atoms with Gasteiger partial charge in [-0.1, -0.05) is 44.1 Å². The molecule has 19 heavy (non-hydrogen) atoms. The first-order valence-electron chi connectivity index (χ1n) is 6.66. The van der Waals surface area contributed by atoms with Gasteiger partial charge in [-0.05, 0) is 25.7 Å². The Balaban J connectivity index is 2.83. The van der Waals surface area contributed by atoms with Gasteiger partial charge in [-0.25, -0.2) is 9.97 Å². The van der Waals surface area contributed by atoms with E-state index in [-0.39, 0.29) is 0 Å². The summed E-state index contributed by atoms with van der Waals surface area (Å²) in [5, 5.41) is 4.33. The zero-order valence-electron chi connectivity index (χ0n) is 12.0. The van der Waals surface area contributed by atoms with Crippen LogP contribution in [0.5, 0.6) is 0 Å². The third kappa shape index (κ3) is 5.45. The van der Waals surface area contributed by atoms with Crippen molar-refractivity contribution in [3.05, 3.63) is 5.15 Å². The minimum Gasteiger partial charge on any atom is -0.393 e. The molecule has 0 bridgehead atoms. The molecule has 4 nitrogen and oxygen atoms in total. The summed E-state index contributed by atoms with van der Waals surface area (Å²) in [5.74, 6) is 2.24. The first-order valence-corrected chi connectivity index (χ1v) is 8.02. The lowest BCUT2D eigenvalue weighted by atomic mass is 10.1. The number of nitrogens with two attached hydrogens (primary N) is 1. The Labute approximate surface area is 124 Å². The maximum atomic E-state index is 6.06. The van der Waals surface area contributed by atoms with Crippen LogP contribution < -0.4 is 11.1 Å². The lowest BCUT2D eigenvalue weighted by Crippen LogP contribution is -2.19. The number of nitrogens with one attached hydrogen (secondary N) is 1. The molecule has 0 aliphatic heterocycles. The summed E-state index contributed by atoms with van der Waals surface area (Å²) < 4.78 is 0. The minimum atomic E-state index is 0.303. The second-order valence-electron chi connectivity index (χ2n) is 5.08. The summed E-state index contributed by atoms with van der Waals surface area (Å²) in [5.41, 5.74) is 6.36. The Morgan fingerprint density at radius 3 is 2.58 bits per heavy atom. The van der Waals surface area contributed by atoms with E-state index in [1.54, 1.807) is 11.8 Å². The zero-order chi connectivity index (χ0) is 14.4. The molecule has 6 heteroatoms. The highest BCUT2D eigenvalue weighted by atomic mass is 35.5. The predicted molar refractivity (Wildman–Crippen MR) is 85.0 cm³/mol. The van der Waals surface area contributed by atoms with Gasteiger partial charge in [0.15, 0.2) is 16.1 Å². The van der Waals surface area contributed by atoms with Crippen molar-refractivity contribution < 1.29 is 0 Å². The molecule has 1 heterocycles. The molecule has 0 spiro atoms. The van der Waals surface area contributed by atoms with Gasteiger partial charge in [0, 0.05) is 11.8 Å². The predicted octanol–water partition coefficient (Wildman–Crippen LogP) is 4.06. The van der Waals surface area contributed by atoms with Gasteiger partial charge in [-0.15, -0.1) is 0 Å². The van der Waals surface area contributed by atoms with Crippen LogP contribution in [0.2, 0.25) is 5.15 Å². The van der Waals surface area contributed by atoms with Gasteiger partial charge in [0.25, 0.3) is 0 Å². The standard InChI is InChI=1S/C13H23ClN4S/c1-5-6-19-13-17-11(14)10(15)12(18-13)16-9(4)7-8(2)3/h8-9H,5-7,15H2,1-4H3,(H,16,17,18). The van der Waals surface area contributed by atoms with Crippen molar-refractivity contribution in [2.45, 2.75) is 51.7 Å². The fraction of sp³-hybridized carbons (Fsp3) is 0.692. The van der Waals surface area contributed by atoms with Crippen molar-refractivity contribution in [2.75, 3.05) is 16.8 Å². The molecule has 0 aromatic carbocycles. The molecular formula is C13H23ClN4S. The molecule has 0 saturated heterocycles. The zero-order valence-corrected chi connectivity index (χ0v) is 13.6. The van der Waals surface area contributed by atoms with Gasteiger partial charge in [-0.3, -0.25) is 0 Å². The van der Waals surface area contributed by atoms with Crippen molar-refractivity contribution >= 4 is 34.9 Å². The fourth-order valence-electron chi connectivity index (χ4n) is 1.79. The van der Waals surface area contributed by atoms with E-state index < -0.39 is 0 Å². The average Bonchev–Trinajstić information content (AvgIpc) is 2.31. The van der Waals surface area contributed by atoms with Crippen LogP contribution in [0.25, 0.3) is 0 Å². The number of nitrogens with zero attached hydrogens (tertiary/aromatic N) is 2. The van der Waals surface area contributed by atoms with E-state index in [4.69, 9.17) is 17.3 Å². The van der Waals surface area contributed by atoms with Crippen molar-refractivity contribution in [1.29, 1.82) is 0 Å². The monoisotopic (exact) mass is 302 g/mol. The van der Waals surface area contributed by atoms with Crippen molar-refractivity contribution in [3.63, 3.8) is 0 Å². The Bertz CT molecular complexity index is 412. The summed E-state index contributed by atoms with van der Waals surface area (Å²) >= 11 is 7.65. The number of hydrogen-bond acceptors (Lipinski definition) is 5. The number of rotatable bonds is 7. The Hall–Kier alpha value is -0.680. The van der Waals surface area contributed by atoms with Crippen molar-refractivity contribution in [2.24, 2.45) is 5.92 Å². The third-order valence-electron chi connectivity index (χ3n) is 2.52. The summed E-state index contributed by atoms with van der Waals surface area (Å²) in [6.07, 6.45) is 2.13. The van der Waals surface area contributed by atoms with Crippen LogP contribution in [0.3, 0.4) is 0 Å². The molecule has 3 N–H and O–H groups in total. The lowest BCUT2D eigenvalue weighted by Gasteiger charge is -2.18. The Morgan fingerprint density at radius 1 is 1.32 bits per heavy atom. The number of anilines is 2. The molecule has 1 atom stereocenters. The van der Waals surface area contributed by atoms with Crippen molar-refractivity contribution in [3.8, 4) is 0 Å². The van der Waals surface area contributed by atoms with Crippen LogP contribution in [0, 0.1) is 5.92 Å². The number of aromatic nitrogens is 2. The molecule has 1 aromatic heterocycles. The molecule has 0 aliphatic rings. The molecule has 108 valence electrons. The van der Waals surface area contributed by atoms with Gasteiger partial charge in [0.1, 0.15) is 5.69 Å². The molecule has 1 rings (SSSR count). The average molecular weight is 303 g/mol. The van der Waals surface area contributed by atoms with Gasteiger partial charge in [-0.2, -0.15) is 0 Å². The van der Waals surface area contributed by atoms with Gasteiger partial charge in [0.2, 0.25) is 0 Å². The minimum absolute atomic E-state index is 0.303. The number of thioether (sulfide) groups is 1. The number of halogens is 1. The molecule has 1 aromatic rings. The highest BCUT2D eigenvalue weighted by Gasteiger charge is 2.13. The number of hydrogen-bond donors (Lipinski definition) is 2. The van der Waals surface area contributed by atoms with Crippen LogP contribution in [-0.4, -0.2) is 21.8 Å². The van der Waals surface area contributed by atoms with E-state index >= 15 is 0 Å². The highest BCUT2D eigenvalue weighted by Crippen LogP contribution is 2.28. The smallest absolute Gasteiger partial charge is 0.191 e. The normalized spacial score (nSPS) is 12.7. The topological polar surface area (TPSA) is 63.8 Å². The molecule has 1 unspecified atom stereocenters. The maximum absolute atomic E-state index is 6.06. The first kappa shape index (κ1) is 16.4. The van der Waals surface area contributed by atoms with Crippen molar-refractivity contribution in [1.82, 2.24) is 9.97 Å². The second kappa shape index (κ2) is 7.80.